The van der Waals surface area contributed by atoms with Gasteiger partial charge in [0.2, 0.25) is 16.9 Å². The lowest BCUT2D eigenvalue weighted by atomic mass is 10.1. The molecule has 0 bridgehead atoms. The van der Waals surface area contributed by atoms with E-state index in [1.165, 1.54) is 41.3 Å². The zero-order chi connectivity index (χ0) is 17.5. The average molecular weight is 365 g/mol. The molecule has 0 aliphatic carbocycles. The molecule has 2 rings (SSSR count). The normalized spacial score (nSPS) is 10.3. The second-order valence-corrected chi connectivity index (χ2v) is 7.24. The van der Waals surface area contributed by atoms with Crippen molar-refractivity contribution in [2.24, 2.45) is 0 Å². The fourth-order valence-corrected chi connectivity index (χ4v) is 3.31. The number of carbonyl (C=O) groups is 2. The summed E-state index contributed by atoms with van der Waals surface area (Å²) in [5.74, 6) is -0.262. The summed E-state index contributed by atoms with van der Waals surface area (Å²) in [5.41, 5.74) is 3.39. The van der Waals surface area contributed by atoms with Crippen LogP contribution >= 0.6 is 23.1 Å². The Morgan fingerprint density at radius 3 is 2.67 bits per heavy atom. The van der Waals surface area contributed by atoms with Crippen LogP contribution in [0.1, 0.15) is 11.1 Å². The number of amides is 2. The molecule has 0 saturated carbocycles. The molecule has 7 nitrogen and oxygen atoms in total. The molecule has 0 atom stereocenters. The molecule has 0 fully saturated rings. The Balaban J connectivity index is 1.83. The number of likely N-dealkylation sites (N-methyl/N-ethyl adjacent to an activating group) is 1. The van der Waals surface area contributed by atoms with Crippen molar-refractivity contribution in [1.29, 1.82) is 0 Å². The molecule has 1 aromatic carbocycles. The lowest BCUT2D eigenvalue weighted by molar-refractivity contribution is -0.124. The van der Waals surface area contributed by atoms with Gasteiger partial charge >= 0.3 is 0 Å². The van der Waals surface area contributed by atoms with Crippen LogP contribution in [0.15, 0.2) is 22.5 Å². The van der Waals surface area contributed by atoms with Gasteiger partial charge in [0.1, 0.15) is 0 Å². The van der Waals surface area contributed by atoms with E-state index in [0.717, 1.165) is 5.69 Å². The first-order chi connectivity index (χ1) is 11.5. The first kappa shape index (κ1) is 18.2. The molecule has 0 unspecified atom stereocenters. The van der Waals surface area contributed by atoms with Gasteiger partial charge in [0.05, 0.1) is 12.3 Å². The van der Waals surface area contributed by atoms with Crippen LogP contribution in [0.3, 0.4) is 0 Å². The van der Waals surface area contributed by atoms with Crippen LogP contribution in [0.25, 0.3) is 0 Å². The molecule has 0 spiro atoms. The van der Waals surface area contributed by atoms with Crippen molar-refractivity contribution < 1.29 is 9.59 Å². The number of nitrogens with one attached hydrogen (secondary N) is 3. The maximum absolute atomic E-state index is 11.6. The molecular weight excluding hydrogens is 346 g/mol. The van der Waals surface area contributed by atoms with Gasteiger partial charge in [-0.3, -0.25) is 9.59 Å². The molecule has 1 aromatic heterocycles. The van der Waals surface area contributed by atoms with E-state index in [0.29, 0.717) is 9.47 Å². The smallest absolute Gasteiger partial charge is 0.239 e. The van der Waals surface area contributed by atoms with Gasteiger partial charge in [0.15, 0.2) is 4.34 Å². The fourth-order valence-electron chi connectivity index (χ4n) is 1.71. The van der Waals surface area contributed by atoms with Crippen LogP contribution in [-0.2, 0) is 9.59 Å². The highest BCUT2D eigenvalue weighted by atomic mass is 32.2. The van der Waals surface area contributed by atoms with Crippen molar-refractivity contribution in [3.8, 4) is 0 Å². The Kier molecular flexibility index (Phi) is 6.56. The van der Waals surface area contributed by atoms with Gasteiger partial charge in [-0.15, -0.1) is 10.2 Å². The second-order valence-electron chi connectivity index (χ2n) is 5.04. The fraction of sp³-hybridized carbons (Fsp3) is 0.333. The number of hydrogen-bond donors (Lipinski definition) is 3. The topological polar surface area (TPSA) is 96.0 Å². The Bertz CT molecular complexity index is 732. The predicted octanol–water partition coefficient (Wildman–Crippen LogP) is 1.85. The van der Waals surface area contributed by atoms with Crippen molar-refractivity contribution in [2.75, 3.05) is 24.7 Å². The van der Waals surface area contributed by atoms with E-state index in [-0.39, 0.29) is 24.1 Å². The third-order valence-electron chi connectivity index (χ3n) is 3.22. The summed E-state index contributed by atoms with van der Waals surface area (Å²) >= 11 is 2.66. The third-order valence-corrected chi connectivity index (χ3v) is 5.19. The summed E-state index contributed by atoms with van der Waals surface area (Å²) in [6.07, 6.45) is 0. The summed E-state index contributed by atoms with van der Waals surface area (Å²) < 4.78 is 0.691. The highest BCUT2D eigenvalue weighted by Gasteiger charge is 2.09. The number of hydrogen-bond acceptors (Lipinski definition) is 7. The second kappa shape index (κ2) is 8.65. The SMILES string of the molecule is CNC(=O)CNC(=O)CSc1nnc(Nc2ccc(C)c(C)c2)s1. The van der Waals surface area contributed by atoms with Crippen molar-refractivity contribution in [3.63, 3.8) is 0 Å². The van der Waals surface area contributed by atoms with Crippen molar-refractivity contribution >= 4 is 45.7 Å². The summed E-state index contributed by atoms with van der Waals surface area (Å²) in [6, 6.07) is 6.09. The number of nitrogens with zero attached hydrogens (tertiary/aromatic N) is 2. The molecule has 0 radical (unpaired) electrons. The van der Waals surface area contributed by atoms with E-state index in [1.807, 2.05) is 12.1 Å². The van der Waals surface area contributed by atoms with Crippen LogP contribution in [0, 0.1) is 13.8 Å². The first-order valence-electron chi connectivity index (χ1n) is 7.26. The van der Waals surface area contributed by atoms with E-state index < -0.39 is 0 Å². The molecule has 128 valence electrons. The lowest BCUT2D eigenvalue weighted by Gasteiger charge is -2.05. The molecule has 0 aliphatic rings. The maximum Gasteiger partial charge on any atom is 0.239 e. The number of rotatable bonds is 7. The van der Waals surface area contributed by atoms with E-state index in [9.17, 15) is 9.59 Å². The van der Waals surface area contributed by atoms with Gasteiger partial charge in [-0.25, -0.2) is 0 Å². The molecule has 3 N–H and O–H groups in total. The van der Waals surface area contributed by atoms with E-state index >= 15 is 0 Å². The monoisotopic (exact) mass is 365 g/mol. The highest BCUT2D eigenvalue weighted by Crippen LogP contribution is 2.28. The van der Waals surface area contributed by atoms with Crippen LogP contribution < -0.4 is 16.0 Å². The first-order valence-corrected chi connectivity index (χ1v) is 9.06. The molecule has 0 aliphatic heterocycles. The Morgan fingerprint density at radius 1 is 1.17 bits per heavy atom. The van der Waals surface area contributed by atoms with Gasteiger partial charge in [-0.1, -0.05) is 29.2 Å². The predicted molar refractivity (Wildman–Crippen MR) is 96.9 cm³/mol. The van der Waals surface area contributed by atoms with Crippen LogP contribution in [-0.4, -0.2) is 41.4 Å². The number of thioether (sulfide) groups is 1. The van der Waals surface area contributed by atoms with Crippen molar-refractivity contribution in [3.05, 3.63) is 29.3 Å². The summed E-state index contributed by atoms with van der Waals surface area (Å²) in [7, 11) is 1.52. The van der Waals surface area contributed by atoms with Gasteiger partial charge in [-0.05, 0) is 37.1 Å². The largest absolute Gasteiger partial charge is 0.358 e. The minimum absolute atomic E-state index is 0.0222. The third kappa shape index (κ3) is 5.50. The number of anilines is 2. The standard InChI is InChI=1S/C15H19N5O2S2/c1-9-4-5-11(6-10(9)2)18-14-19-20-15(24-14)23-8-13(22)17-7-12(21)16-3/h4-6H,7-8H2,1-3H3,(H,16,21)(H,17,22)(H,18,19). The molecule has 24 heavy (non-hydrogen) atoms. The average Bonchev–Trinajstić information content (AvgIpc) is 3.01. The molecule has 1 heterocycles. The zero-order valence-corrected chi connectivity index (χ0v) is 15.3. The summed E-state index contributed by atoms with van der Waals surface area (Å²) in [5, 5.41) is 17.0. The summed E-state index contributed by atoms with van der Waals surface area (Å²) in [6.45, 7) is 4.10. The molecular formula is C15H19N5O2S2. The van der Waals surface area contributed by atoms with Crippen LogP contribution in [0.2, 0.25) is 0 Å². The Hall–Kier alpha value is -2.13. The highest BCUT2D eigenvalue weighted by molar-refractivity contribution is 8.01. The van der Waals surface area contributed by atoms with E-state index in [1.54, 1.807) is 0 Å². The maximum atomic E-state index is 11.6. The van der Waals surface area contributed by atoms with E-state index in [2.05, 4.69) is 46.1 Å². The summed E-state index contributed by atoms with van der Waals surface area (Å²) in [4.78, 5) is 22.7. The van der Waals surface area contributed by atoms with Gasteiger partial charge in [0.25, 0.3) is 0 Å². The van der Waals surface area contributed by atoms with Crippen LogP contribution in [0.5, 0.6) is 0 Å². The quantitative estimate of drug-likeness (QED) is 0.648. The van der Waals surface area contributed by atoms with Gasteiger partial charge in [0, 0.05) is 12.7 Å². The van der Waals surface area contributed by atoms with Crippen molar-refractivity contribution in [1.82, 2.24) is 20.8 Å². The lowest BCUT2D eigenvalue weighted by Crippen LogP contribution is -2.35. The number of benzene rings is 1. The molecule has 2 amide bonds. The van der Waals surface area contributed by atoms with Gasteiger partial charge < -0.3 is 16.0 Å². The van der Waals surface area contributed by atoms with Crippen LogP contribution in [0.4, 0.5) is 10.8 Å². The number of aryl methyl sites for hydroxylation is 2. The van der Waals surface area contributed by atoms with Crippen molar-refractivity contribution in [2.45, 2.75) is 18.2 Å². The Labute approximate surface area is 148 Å². The Morgan fingerprint density at radius 2 is 1.96 bits per heavy atom. The number of aromatic nitrogens is 2. The van der Waals surface area contributed by atoms with Gasteiger partial charge in [-0.2, -0.15) is 0 Å². The molecule has 2 aromatic rings. The zero-order valence-electron chi connectivity index (χ0n) is 13.7. The van der Waals surface area contributed by atoms with E-state index in [4.69, 9.17) is 0 Å². The minimum atomic E-state index is -0.232. The minimum Gasteiger partial charge on any atom is -0.358 e. The molecule has 0 saturated heterocycles. The molecule has 9 heteroatoms. The number of carbonyl (C=O) groups excluding carboxylic acids is 2.